The highest BCUT2D eigenvalue weighted by atomic mass is 19.1. The Balaban J connectivity index is 1.38. The van der Waals surface area contributed by atoms with Gasteiger partial charge in [0.2, 0.25) is 6.10 Å². The molecule has 0 saturated carbocycles. The first kappa shape index (κ1) is 17.1. The van der Waals surface area contributed by atoms with E-state index in [1.54, 1.807) is 6.07 Å². The Morgan fingerprint density at radius 2 is 1.96 bits per heavy atom. The van der Waals surface area contributed by atoms with Crippen molar-refractivity contribution in [1.82, 2.24) is 5.32 Å². The van der Waals surface area contributed by atoms with Crippen molar-refractivity contribution < 1.29 is 14.0 Å². The van der Waals surface area contributed by atoms with Gasteiger partial charge in [0.1, 0.15) is 5.82 Å². The van der Waals surface area contributed by atoms with E-state index < -0.39 is 6.10 Å². The number of hydrogen-bond donors (Lipinski definition) is 1. The zero-order valence-corrected chi connectivity index (χ0v) is 14.0. The van der Waals surface area contributed by atoms with E-state index in [-0.39, 0.29) is 11.7 Å². The van der Waals surface area contributed by atoms with Crippen LogP contribution < -0.4 is 5.32 Å². The highest BCUT2D eigenvalue weighted by molar-refractivity contribution is 5.93. The standard InChI is InChI=1S/C20H21FN2O2/c21-17-10-4-8-16(12-17)13-18-14-19(25-23-18)20(24)22-11-5-9-15-6-2-1-3-7-15/h1-4,6-8,10,12,19H,5,9,11,13-14H2,(H,22,24)/t19-/m1/s1. The van der Waals surface area contributed by atoms with E-state index >= 15 is 0 Å². The Bertz CT molecular complexity index is 746. The zero-order valence-electron chi connectivity index (χ0n) is 14.0. The third kappa shape index (κ3) is 5.14. The summed E-state index contributed by atoms with van der Waals surface area (Å²) in [7, 11) is 0. The van der Waals surface area contributed by atoms with Crippen LogP contribution in [0.15, 0.2) is 59.8 Å². The molecule has 1 atom stereocenters. The molecule has 0 radical (unpaired) electrons. The second-order valence-electron chi connectivity index (χ2n) is 6.14. The summed E-state index contributed by atoms with van der Waals surface area (Å²) in [5.41, 5.74) is 2.84. The van der Waals surface area contributed by atoms with E-state index in [0.29, 0.717) is 19.4 Å². The number of rotatable bonds is 7. The number of amides is 1. The van der Waals surface area contributed by atoms with Crippen LogP contribution in [0.1, 0.15) is 24.0 Å². The molecule has 0 aromatic heterocycles. The average molecular weight is 340 g/mol. The molecule has 25 heavy (non-hydrogen) atoms. The van der Waals surface area contributed by atoms with Gasteiger partial charge in [0.15, 0.2) is 0 Å². The van der Waals surface area contributed by atoms with Crippen LogP contribution in [0, 0.1) is 5.82 Å². The molecule has 1 N–H and O–H groups in total. The maximum Gasteiger partial charge on any atom is 0.264 e. The Labute approximate surface area is 146 Å². The molecule has 2 aromatic carbocycles. The maximum absolute atomic E-state index is 13.2. The lowest BCUT2D eigenvalue weighted by Gasteiger charge is -2.09. The van der Waals surface area contributed by atoms with Gasteiger partial charge in [-0.25, -0.2) is 4.39 Å². The van der Waals surface area contributed by atoms with E-state index in [9.17, 15) is 9.18 Å². The summed E-state index contributed by atoms with van der Waals surface area (Å²) < 4.78 is 13.2. The molecule has 1 aliphatic heterocycles. The van der Waals surface area contributed by atoms with Crippen LogP contribution in [-0.4, -0.2) is 24.3 Å². The van der Waals surface area contributed by atoms with Crippen molar-refractivity contribution in [3.8, 4) is 0 Å². The van der Waals surface area contributed by atoms with E-state index in [1.165, 1.54) is 17.7 Å². The summed E-state index contributed by atoms with van der Waals surface area (Å²) in [5.74, 6) is -0.421. The third-order valence-corrected chi connectivity index (χ3v) is 4.10. The van der Waals surface area contributed by atoms with Gasteiger partial charge in [-0.15, -0.1) is 0 Å². The fraction of sp³-hybridized carbons (Fsp3) is 0.300. The highest BCUT2D eigenvalue weighted by Crippen LogP contribution is 2.15. The Kier molecular flexibility index (Phi) is 5.77. The second kappa shape index (κ2) is 8.42. The summed E-state index contributed by atoms with van der Waals surface area (Å²) in [6, 6.07) is 16.5. The van der Waals surface area contributed by atoms with Crippen molar-refractivity contribution in [2.75, 3.05) is 6.54 Å². The number of oxime groups is 1. The van der Waals surface area contributed by atoms with Gasteiger partial charge < -0.3 is 10.2 Å². The molecule has 5 heteroatoms. The van der Waals surface area contributed by atoms with Crippen LogP contribution in [0.2, 0.25) is 0 Å². The van der Waals surface area contributed by atoms with Crippen LogP contribution in [0.5, 0.6) is 0 Å². The number of nitrogens with one attached hydrogen (secondary N) is 1. The highest BCUT2D eigenvalue weighted by Gasteiger charge is 2.27. The number of nitrogens with zero attached hydrogens (tertiary/aromatic N) is 1. The fourth-order valence-electron chi connectivity index (χ4n) is 2.82. The molecular weight excluding hydrogens is 319 g/mol. The molecule has 4 nitrogen and oxygen atoms in total. The van der Waals surface area contributed by atoms with Crippen molar-refractivity contribution in [2.45, 2.75) is 31.8 Å². The summed E-state index contributed by atoms with van der Waals surface area (Å²) in [5, 5.41) is 6.86. The van der Waals surface area contributed by atoms with E-state index in [1.807, 2.05) is 24.3 Å². The van der Waals surface area contributed by atoms with Gasteiger partial charge in [-0.2, -0.15) is 0 Å². The minimum Gasteiger partial charge on any atom is -0.382 e. The number of carbonyl (C=O) groups excluding carboxylic acids is 1. The molecule has 0 saturated heterocycles. The number of benzene rings is 2. The lowest BCUT2D eigenvalue weighted by atomic mass is 10.0. The zero-order chi connectivity index (χ0) is 17.5. The van der Waals surface area contributed by atoms with Crippen LogP contribution in [0.25, 0.3) is 0 Å². The Morgan fingerprint density at radius 3 is 2.76 bits per heavy atom. The first-order chi connectivity index (χ1) is 12.2. The first-order valence-corrected chi connectivity index (χ1v) is 8.48. The van der Waals surface area contributed by atoms with Crippen molar-refractivity contribution in [1.29, 1.82) is 0 Å². The Hall–Kier alpha value is -2.69. The minimum atomic E-state index is -0.583. The van der Waals surface area contributed by atoms with Gasteiger partial charge >= 0.3 is 0 Å². The quantitative estimate of drug-likeness (QED) is 0.787. The van der Waals surface area contributed by atoms with Crippen molar-refractivity contribution >= 4 is 11.6 Å². The molecule has 0 spiro atoms. The van der Waals surface area contributed by atoms with E-state index in [0.717, 1.165) is 24.1 Å². The maximum atomic E-state index is 13.2. The second-order valence-corrected chi connectivity index (χ2v) is 6.14. The van der Waals surface area contributed by atoms with Crippen molar-refractivity contribution in [2.24, 2.45) is 5.16 Å². The predicted octanol–water partition coefficient (Wildman–Crippen LogP) is 3.26. The summed E-state index contributed by atoms with van der Waals surface area (Å²) >= 11 is 0. The third-order valence-electron chi connectivity index (χ3n) is 4.10. The van der Waals surface area contributed by atoms with Crippen LogP contribution in [0.3, 0.4) is 0 Å². The number of hydrogen-bond acceptors (Lipinski definition) is 3. The molecule has 0 unspecified atom stereocenters. The van der Waals surface area contributed by atoms with Gasteiger partial charge in [0.25, 0.3) is 5.91 Å². The first-order valence-electron chi connectivity index (χ1n) is 8.48. The molecule has 3 rings (SSSR count). The number of aryl methyl sites for hydroxylation is 1. The van der Waals surface area contributed by atoms with Gasteiger partial charge in [-0.3, -0.25) is 4.79 Å². The number of carbonyl (C=O) groups is 1. The van der Waals surface area contributed by atoms with Crippen molar-refractivity contribution in [3.63, 3.8) is 0 Å². The lowest BCUT2D eigenvalue weighted by Crippen LogP contribution is -2.35. The van der Waals surface area contributed by atoms with E-state index in [2.05, 4.69) is 22.6 Å². The minimum absolute atomic E-state index is 0.147. The molecule has 1 amide bonds. The molecular formula is C20H21FN2O2. The van der Waals surface area contributed by atoms with Crippen LogP contribution >= 0.6 is 0 Å². The van der Waals surface area contributed by atoms with Gasteiger partial charge in [0, 0.05) is 19.4 Å². The number of halogens is 1. The van der Waals surface area contributed by atoms with Crippen LogP contribution in [0.4, 0.5) is 4.39 Å². The molecule has 0 bridgehead atoms. The predicted molar refractivity (Wildman–Crippen MR) is 94.8 cm³/mol. The van der Waals surface area contributed by atoms with Crippen LogP contribution in [-0.2, 0) is 22.5 Å². The average Bonchev–Trinajstić information content (AvgIpc) is 3.08. The van der Waals surface area contributed by atoms with Gasteiger partial charge in [-0.1, -0.05) is 47.6 Å². The molecule has 1 heterocycles. The Morgan fingerprint density at radius 1 is 1.16 bits per heavy atom. The fourth-order valence-corrected chi connectivity index (χ4v) is 2.82. The summed E-state index contributed by atoms with van der Waals surface area (Å²) in [6.45, 7) is 0.604. The topological polar surface area (TPSA) is 50.7 Å². The SMILES string of the molecule is O=C(NCCCc1ccccc1)[C@H]1CC(Cc2cccc(F)c2)=NO1. The molecule has 1 aliphatic rings. The van der Waals surface area contributed by atoms with Gasteiger partial charge in [0.05, 0.1) is 5.71 Å². The summed E-state index contributed by atoms with van der Waals surface area (Å²) in [4.78, 5) is 17.4. The van der Waals surface area contributed by atoms with Crippen molar-refractivity contribution in [3.05, 3.63) is 71.5 Å². The largest absolute Gasteiger partial charge is 0.382 e. The molecule has 0 aliphatic carbocycles. The smallest absolute Gasteiger partial charge is 0.264 e. The summed E-state index contributed by atoms with van der Waals surface area (Å²) in [6.07, 6.45) is 2.16. The molecule has 130 valence electrons. The lowest BCUT2D eigenvalue weighted by molar-refractivity contribution is -0.131. The monoisotopic (exact) mass is 340 g/mol. The van der Waals surface area contributed by atoms with E-state index in [4.69, 9.17) is 4.84 Å². The molecule has 0 fully saturated rings. The molecule has 2 aromatic rings. The van der Waals surface area contributed by atoms with Gasteiger partial charge in [-0.05, 0) is 36.1 Å². The normalized spacial score (nSPS) is 16.2.